The third-order valence-electron chi connectivity index (χ3n) is 12.6. The average molecular weight is 1190 g/mol. The molecule has 0 spiro atoms. The van der Waals surface area contributed by atoms with Crippen LogP contribution in [0.1, 0.15) is 97.4 Å². The van der Waals surface area contributed by atoms with E-state index in [2.05, 4.69) is 19.9 Å². The summed E-state index contributed by atoms with van der Waals surface area (Å²) in [5.41, 5.74) is 7.52. The number of thiophene rings is 2. The first-order chi connectivity index (χ1) is 37.1. The molecule has 0 aliphatic carbocycles. The fraction of sp³-hybridized carbons (Fsp3) is 0.193. The lowest BCUT2D eigenvalue weighted by Crippen LogP contribution is -2.13. The molecule has 4 N–H and O–H groups in total. The van der Waals surface area contributed by atoms with Gasteiger partial charge in [-0.2, -0.15) is 0 Å². The minimum absolute atomic E-state index is 0. The number of ether oxygens (including phenoxy) is 2. The number of nitrogens with one attached hydrogen (secondary N) is 2. The lowest BCUT2D eigenvalue weighted by molar-refractivity contribution is 0.0684. The van der Waals surface area contributed by atoms with E-state index >= 15 is 0 Å². The van der Waals surface area contributed by atoms with Gasteiger partial charge in [0.2, 0.25) is 0 Å². The van der Waals surface area contributed by atoms with Crippen LogP contribution in [0.4, 0.5) is 0 Å². The monoisotopic (exact) mass is 1190 g/mol. The van der Waals surface area contributed by atoms with E-state index in [-0.39, 0.29) is 44.2 Å². The van der Waals surface area contributed by atoms with Gasteiger partial charge in [-0.05, 0) is 90.1 Å². The number of carbonyl (C=O) groups is 2. The highest BCUT2D eigenvalue weighted by Crippen LogP contribution is 2.43. The van der Waals surface area contributed by atoms with Crippen molar-refractivity contribution in [2.45, 2.75) is 81.5 Å². The highest BCUT2D eigenvalue weighted by Gasteiger charge is 2.26. The van der Waals surface area contributed by atoms with Crippen molar-refractivity contribution >= 4 is 99.8 Å². The van der Waals surface area contributed by atoms with Crippen LogP contribution in [0.5, 0.6) is 11.5 Å². The van der Waals surface area contributed by atoms with E-state index in [1.807, 2.05) is 50.2 Å². The number of H-pyrrole nitrogens is 2. The number of hydrogen-bond donors (Lipinski definition) is 4. The van der Waals surface area contributed by atoms with E-state index in [4.69, 9.17) is 42.6 Å². The summed E-state index contributed by atoms with van der Waals surface area (Å²) in [6.45, 7) is 10.2. The first-order valence-electron chi connectivity index (χ1n) is 24.1. The number of rotatable bonds is 16. The van der Waals surface area contributed by atoms with E-state index in [9.17, 15) is 36.6 Å². The average Bonchev–Trinajstić information content (AvgIpc) is 4.28. The number of nitrogens with zero attached hydrogens (tertiary/aromatic N) is 4. The molecule has 16 nitrogen and oxygen atoms in total. The van der Waals surface area contributed by atoms with Gasteiger partial charge in [0.05, 0.1) is 44.1 Å². The van der Waals surface area contributed by atoms with Gasteiger partial charge >= 0.3 is 11.9 Å². The summed E-state index contributed by atoms with van der Waals surface area (Å²) in [7, 11) is -6.78. The number of hydrogen-bond acceptors (Lipinski definition) is 14. The molecule has 2 atom stereocenters. The van der Waals surface area contributed by atoms with Crippen molar-refractivity contribution in [2.24, 2.45) is 0 Å². The highest BCUT2D eigenvalue weighted by molar-refractivity contribution is 7.92. The number of sulfone groups is 2. The fourth-order valence-corrected chi connectivity index (χ4v) is 12.8. The second-order valence-corrected chi connectivity index (χ2v) is 26.3. The van der Waals surface area contributed by atoms with Crippen LogP contribution >= 0.6 is 45.9 Å². The van der Waals surface area contributed by atoms with Crippen molar-refractivity contribution in [3.05, 3.63) is 165 Å². The van der Waals surface area contributed by atoms with Gasteiger partial charge in [0.15, 0.2) is 40.7 Å². The summed E-state index contributed by atoms with van der Waals surface area (Å²) in [6.07, 6.45) is 5.71. The molecule has 0 saturated heterocycles. The van der Waals surface area contributed by atoms with Crippen molar-refractivity contribution in [1.82, 2.24) is 29.9 Å². The van der Waals surface area contributed by atoms with Crippen LogP contribution in [0, 0.1) is 0 Å². The van der Waals surface area contributed by atoms with E-state index in [0.29, 0.717) is 75.8 Å². The molecular formula is C57H60Cl2N6O10S4. The lowest BCUT2D eigenvalue weighted by atomic mass is 10.1. The molecule has 6 heterocycles. The molecule has 416 valence electrons. The van der Waals surface area contributed by atoms with Gasteiger partial charge < -0.3 is 29.7 Å². The molecule has 0 amide bonds. The molecule has 6 aromatic heterocycles. The second kappa shape index (κ2) is 23.5. The molecule has 0 saturated carbocycles. The molecule has 0 aliphatic rings. The zero-order valence-electron chi connectivity index (χ0n) is 42.3. The standard InChI is InChI=1S/2C28H24ClN3O5S2.CH4.4H2/c2*1-15(2)39(35,36)18-10-8-17(9-11-18)22-14-31-27-25(32-22)20(13-30-27)24-12-23(26(38-24)28(33)34)37-16(3)19-6-4-5-7-21(19)29;;;;;/h2*4-16H,1-3H3,(H,30,31)(H,33,34);1H4;4*1H/t16-;;;;;;/m1....../s1. The van der Waals surface area contributed by atoms with Crippen molar-refractivity contribution in [2.75, 3.05) is 0 Å². The molecular weight excluding hydrogens is 1130 g/mol. The SMILES string of the molecule is C.CC(C)S(=O)(=O)c1ccc(-c2cnc3[nH]cc(-c4cc(O[C@H](C)c5ccccc5Cl)c(C(=O)O)s4)c3n2)cc1.CC(Oc1cc(-c2c[nH]c3ncc(-c4ccc(S(=O)(=O)C(C)C)cc4)nc23)sc1C(=O)O)c1ccccc1Cl.[HH].[HH].[HH].[HH]. The third kappa shape index (κ3) is 11.9. The number of carboxylic acids is 2. The predicted octanol–water partition coefficient (Wildman–Crippen LogP) is 15.7. The normalized spacial score (nSPS) is 12.5. The van der Waals surface area contributed by atoms with Gasteiger partial charge in [-0.15, -0.1) is 22.7 Å². The van der Waals surface area contributed by atoms with Gasteiger partial charge in [-0.25, -0.2) is 46.4 Å². The molecule has 1 unspecified atom stereocenters. The van der Waals surface area contributed by atoms with Crippen LogP contribution in [0.2, 0.25) is 10.0 Å². The zero-order chi connectivity index (χ0) is 55.8. The van der Waals surface area contributed by atoms with Crippen LogP contribution in [-0.2, 0) is 19.7 Å². The van der Waals surface area contributed by atoms with Gasteiger partial charge in [0.25, 0.3) is 0 Å². The zero-order valence-corrected chi connectivity index (χ0v) is 47.1. The van der Waals surface area contributed by atoms with Crippen LogP contribution in [-0.4, -0.2) is 79.4 Å². The number of fused-ring (bicyclic) bond motifs is 2. The number of carboxylic acid groups (broad SMARTS) is 2. The van der Waals surface area contributed by atoms with Crippen molar-refractivity contribution in [3.8, 4) is 54.9 Å². The fourth-order valence-electron chi connectivity index (χ4n) is 8.22. The van der Waals surface area contributed by atoms with E-state index < -0.39 is 54.3 Å². The summed E-state index contributed by atoms with van der Waals surface area (Å²) in [5.74, 6) is -1.74. The van der Waals surface area contributed by atoms with E-state index in [1.165, 1.54) is 0 Å². The van der Waals surface area contributed by atoms with Crippen LogP contribution in [0.25, 0.3) is 65.7 Å². The number of aromatic carboxylic acids is 2. The largest absolute Gasteiger partial charge is 0.484 e. The van der Waals surface area contributed by atoms with Gasteiger partial charge in [-0.3, -0.25) is 0 Å². The van der Waals surface area contributed by atoms with E-state index in [0.717, 1.165) is 33.8 Å². The minimum Gasteiger partial charge on any atom is -0.484 e. The molecule has 0 fully saturated rings. The maximum absolute atomic E-state index is 12.5. The summed E-state index contributed by atoms with van der Waals surface area (Å²) in [4.78, 5) is 50.7. The van der Waals surface area contributed by atoms with E-state index in [1.54, 1.807) is 125 Å². The van der Waals surface area contributed by atoms with Crippen LogP contribution < -0.4 is 9.47 Å². The Hall–Kier alpha value is -7.46. The summed E-state index contributed by atoms with van der Waals surface area (Å²) in [5, 5.41) is 19.7. The maximum atomic E-state index is 12.5. The smallest absolute Gasteiger partial charge is 0.349 e. The quantitative estimate of drug-likeness (QED) is 0.0703. The second-order valence-electron chi connectivity index (χ2n) is 18.3. The number of halogens is 2. The summed E-state index contributed by atoms with van der Waals surface area (Å²) in [6, 6.07) is 30.9. The first kappa shape index (κ1) is 57.7. The number of benzene rings is 4. The Morgan fingerprint density at radius 3 is 1.25 bits per heavy atom. The molecule has 22 heteroatoms. The Morgan fingerprint density at radius 2 is 0.924 bits per heavy atom. The summed E-state index contributed by atoms with van der Waals surface area (Å²) >= 11 is 14.8. The minimum atomic E-state index is -3.39. The van der Waals surface area contributed by atoms with Crippen LogP contribution in [0.15, 0.2) is 144 Å². The summed E-state index contributed by atoms with van der Waals surface area (Å²) < 4.78 is 62.0. The molecule has 0 radical (unpaired) electrons. The first-order valence-corrected chi connectivity index (χ1v) is 29.5. The van der Waals surface area contributed by atoms with Gasteiger partial charge in [0, 0.05) is 71.3 Å². The van der Waals surface area contributed by atoms with Crippen molar-refractivity contribution in [3.63, 3.8) is 0 Å². The predicted molar refractivity (Wildman–Crippen MR) is 320 cm³/mol. The Labute approximate surface area is 479 Å². The number of aromatic amines is 2. The Balaban J connectivity index is 0.000000336. The molecule has 4 aromatic carbocycles. The third-order valence-corrected chi connectivity index (χ3v) is 19.9. The Kier molecular flexibility index (Phi) is 17.1. The van der Waals surface area contributed by atoms with Crippen molar-refractivity contribution < 1.29 is 51.8 Å². The molecule has 0 aliphatic heterocycles. The Bertz CT molecular complexity index is 3880. The van der Waals surface area contributed by atoms with Gasteiger partial charge in [-0.1, -0.05) is 91.3 Å². The van der Waals surface area contributed by atoms with Gasteiger partial charge in [0.1, 0.15) is 34.7 Å². The lowest BCUT2D eigenvalue weighted by Gasteiger charge is -2.15. The molecule has 0 bridgehead atoms. The molecule has 10 rings (SSSR count). The molecule has 10 aromatic rings. The maximum Gasteiger partial charge on any atom is 0.349 e. The molecule has 79 heavy (non-hydrogen) atoms. The topological polar surface area (TPSA) is 244 Å². The Morgan fingerprint density at radius 1 is 0.570 bits per heavy atom. The van der Waals surface area contributed by atoms with Crippen LogP contribution in [0.3, 0.4) is 0 Å². The van der Waals surface area contributed by atoms with Crippen molar-refractivity contribution in [1.29, 1.82) is 0 Å². The highest BCUT2D eigenvalue weighted by atomic mass is 35.5. The number of aromatic nitrogens is 6.